The second-order valence-corrected chi connectivity index (χ2v) is 4.34. The number of rotatable bonds is 5. The fourth-order valence-electron chi connectivity index (χ4n) is 1.94. The average molecular weight is 250 g/mol. The largest absolute Gasteiger partial charge is 0.465 e. The lowest BCUT2D eigenvalue weighted by molar-refractivity contribution is 0.0106. The van der Waals surface area contributed by atoms with Crippen molar-refractivity contribution >= 4 is 5.97 Å². The van der Waals surface area contributed by atoms with Gasteiger partial charge in [-0.05, 0) is 30.5 Å². The zero-order valence-electron chi connectivity index (χ0n) is 10.6. The molecule has 4 heteroatoms. The highest BCUT2D eigenvalue weighted by atomic mass is 16.5. The molecule has 98 valence electrons. The highest BCUT2D eigenvalue weighted by molar-refractivity contribution is 5.89. The van der Waals surface area contributed by atoms with Crippen molar-refractivity contribution in [3.63, 3.8) is 0 Å². The molecule has 1 aliphatic heterocycles. The summed E-state index contributed by atoms with van der Waals surface area (Å²) in [6.07, 6.45) is 2.46. The average Bonchev–Trinajstić information content (AvgIpc) is 2.92. The molecule has 0 saturated carbocycles. The van der Waals surface area contributed by atoms with E-state index in [1.165, 1.54) is 7.11 Å². The third kappa shape index (κ3) is 3.55. The lowest BCUT2D eigenvalue weighted by Crippen LogP contribution is -2.13. The van der Waals surface area contributed by atoms with E-state index in [4.69, 9.17) is 9.47 Å². The number of hydrogen-bond donors (Lipinski definition) is 0. The maximum atomic E-state index is 11.2. The fraction of sp³-hybridized carbons (Fsp3) is 0.500. The summed E-state index contributed by atoms with van der Waals surface area (Å²) in [5.74, 6) is -0.318. The molecule has 0 aliphatic carbocycles. The van der Waals surface area contributed by atoms with E-state index >= 15 is 0 Å². The van der Waals surface area contributed by atoms with Gasteiger partial charge in [-0.25, -0.2) is 4.79 Å². The Balaban J connectivity index is 1.77. The minimum atomic E-state index is -0.318. The van der Waals surface area contributed by atoms with Crippen molar-refractivity contribution in [2.75, 3.05) is 20.3 Å². The standard InChI is InChI=1S/C14H18O4/c1-16-14(15)12-6-4-11(5-7-12)9-17-10-13-3-2-8-18-13/h4-7,13H,2-3,8-10H2,1H3. The molecule has 0 N–H and O–H groups in total. The topological polar surface area (TPSA) is 44.8 Å². The molecule has 4 nitrogen and oxygen atoms in total. The van der Waals surface area contributed by atoms with Crippen molar-refractivity contribution in [3.8, 4) is 0 Å². The lowest BCUT2D eigenvalue weighted by Gasteiger charge is -2.10. The van der Waals surface area contributed by atoms with Crippen LogP contribution in [0.25, 0.3) is 0 Å². The third-order valence-electron chi connectivity index (χ3n) is 2.97. The van der Waals surface area contributed by atoms with E-state index in [0.29, 0.717) is 18.8 Å². The number of ether oxygens (including phenoxy) is 3. The molecule has 1 saturated heterocycles. The van der Waals surface area contributed by atoms with E-state index in [-0.39, 0.29) is 12.1 Å². The minimum absolute atomic E-state index is 0.249. The van der Waals surface area contributed by atoms with E-state index in [1.807, 2.05) is 12.1 Å². The van der Waals surface area contributed by atoms with Crippen LogP contribution >= 0.6 is 0 Å². The van der Waals surface area contributed by atoms with Crippen LogP contribution in [0, 0.1) is 0 Å². The molecule has 1 aromatic rings. The van der Waals surface area contributed by atoms with E-state index in [9.17, 15) is 4.79 Å². The van der Waals surface area contributed by atoms with Crippen molar-refractivity contribution < 1.29 is 19.0 Å². The molecule has 1 fully saturated rings. The Morgan fingerprint density at radius 3 is 2.78 bits per heavy atom. The summed E-state index contributed by atoms with van der Waals surface area (Å²) < 4.78 is 15.7. The van der Waals surface area contributed by atoms with Crippen LogP contribution in [0.4, 0.5) is 0 Å². The van der Waals surface area contributed by atoms with Crippen LogP contribution in [0.3, 0.4) is 0 Å². The first-order valence-corrected chi connectivity index (χ1v) is 6.16. The molecule has 1 heterocycles. The van der Waals surface area contributed by atoms with Crippen molar-refractivity contribution in [1.82, 2.24) is 0 Å². The molecule has 0 spiro atoms. The molecule has 0 amide bonds. The molecule has 0 aromatic heterocycles. The normalized spacial score (nSPS) is 18.8. The van der Waals surface area contributed by atoms with Gasteiger partial charge in [0.25, 0.3) is 0 Å². The number of esters is 1. The Bertz CT molecular complexity index is 379. The molecule has 1 aliphatic rings. The molecule has 1 atom stereocenters. The predicted molar refractivity (Wildman–Crippen MR) is 66.4 cm³/mol. The zero-order chi connectivity index (χ0) is 12.8. The highest BCUT2D eigenvalue weighted by Crippen LogP contribution is 2.13. The van der Waals surface area contributed by atoms with Gasteiger partial charge >= 0.3 is 5.97 Å². The van der Waals surface area contributed by atoms with Crippen molar-refractivity contribution in [1.29, 1.82) is 0 Å². The number of hydrogen-bond acceptors (Lipinski definition) is 4. The zero-order valence-corrected chi connectivity index (χ0v) is 10.6. The molecule has 0 bridgehead atoms. The minimum Gasteiger partial charge on any atom is -0.465 e. The summed E-state index contributed by atoms with van der Waals surface area (Å²) in [6, 6.07) is 7.25. The SMILES string of the molecule is COC(=O)c1ccc(COCC2CCCO2)cc1. The highest BCUT2D eigenvalue weighted by Gasteiger charge is 2.15. The van der Waals surface area contributed by atoms with Gasteiger partial charge in [-0.3, -0.25) is 0 Å². The van der Waals surface area contributed by atoms with Gasteiger partial charge in [-0.15, -0.1) is 0 Å². The summed E-state index contributed by atoms with van der Waals surface area (Å²) in [5, 5.41) is 0. The number of benzene rings is 1. The van der Waals surface area contributed by atoms with Crippen LogP contribution in [0.15, 0.2) is 24.3 Å². The number of methoxy groups -OCH3 is 1. The Hall–Kier alpha value is -1.39. The molecular formula is C14H18O4. The Morgan fingerprint density at radius 1 is 1.39 bits per heavy atom. The number of carbonyl (C=O) groups excluding carboxylic acids is 1. The van der Waals surface area contributed by atoms with Gasteiger partial charge in [-0.1, -0.05) is 12.1 Å². The predicted octanol–water partition coefficient (Wildman–Crippen LogP) is 2.17. The van der Waals surface area contributed by atoms with Crippen LogP contribution in [-0.2, 0) is 20.8 Å². The summed E-state index contributed by atoms with van der Waals surface area (Å²) in [6.45, 7) is 2.03. The summed E-state index contributed by atoms with van der Waals surface area (Å²) in [4.78, 5) is 11.2. The lowest BCUT2D eigenvalue weighted by atomic mass is 10.1. The second kappa shape index (κ2) is 6.52. The van der Waals surface area contributed by atoms with Gasteiger partial charge in [0.15, 0.2) is 0 Å². The van der Waals surface area contributed by atoms with Crippen LogP contribution in [0.5, 0.6) is 0 Å². The fourth-order valence-corrected chi connectivity index (χ4v) is 1.94. The van der Waals surface area contributed by atoms with Gasteiger partial charge in [0.05, 0.1) is 32.0 Å². The van der Waals surface area contributed by atoms with Crippen molar-refractivity contribution in [3.05, 3.63) is 35.4 Å². The van der Waals surface area contributed by atoms with Gasteiger partial charge in [-0.2, -0.15) is 0 Å². The quantitative estimate of drug-likeness (QED) is 0.751. The first-order chi connectivity index (χ1) is 8.79. The molecule has 1 unspecified atom stereocenters. The summed E-state index contributed by atoms with van der Waals surface area (Å²) in [7, 11) is 1.38. The second-order valence-electron chi connectivity index (χ2n) is 4.34. The third-order valence-corrected chi connectivity index (χ3v) is 2.97. The van der Waals surface area contributed by atoms with Crippen LogP contribution in [0.1, 0.15) is 28.8 Å². The van der Waals surface area contributed by atoms with E-state index < -0.39 is 0 Å². The maximum absolute atomic E-state index is 11.2. The van der Waals surface area contributed by atoms with E-state index in [1.54, 1.807) is 12.1 Å². The molecule has 18 heavy (non-hydrogen) atoms. The Labute approximate surface area is 107 Å². The van der Waals surface area contributed by atoms with Crippen LogP contribution in [-0.4, -0.2) is 32.4 Å². The smallest absolute Gasteiger partial charge is 0.337 e. The van der Waals surface area contributed by atoms with E-state index in [0.717, 1.165) is 25.0 Å². The Kier molecular flexibility index (Phi) is 4.73. The summed E-state index contributed by atoms with van der Waals surface area (Å²) >= 11 is 0. The van der Waals surface area contributed by atoms with Gasteiger partial charge in [0.2, 0.25) is 0 Å². The Morgan fingerprint density at radius 2 is 2.17 bits per heavy atom. The van der Waals surface area contributed by atoms with Crippen LogP contribution < -0.4 is 0 Å². The van der Waals surface area contributed by atoms with Gasteiger partial charge < -0.3 is 14.2 Å². The summed E-state index contributed by atoms with van der Waals surface area (Å²) in [5.41, 5.74) is 1.60. The first kappa shape index (κ1) is 13.1. The maximum Gasteiger partial charge on any atom is 0.337 e. The monoisotopic (exact) mass is 250 g/mol. The van der Waals surface area contributed by atoms with Gasteiger partial charge in [0.1, 0.15) is 0 Å². The molecular weight excluding hydrogens is 232 g/mol. The van der Waals surface area contributed by atoms with Gasteiger partial charge in [0, 0.05) is 6.61 Å². The molecule has 0 radical (unpaired) electrons. The molecule has 1 aromatic carbocycles. The van der Waals surface area contributed by atoms with Crippen molar-refractivity contribution in [2.24, 2.45) is 0 Å². The van der Waals surface area contributed by atoms with Crippen molar-refractivity contribution in [2.45, 2.75) is 25.6 Å². The van der Waals surface area contributed by atoms with Crippen LogP contribution in [0.2, 0.25) is 0 Å². The number of carbonyl (C=O) groups is 1. The van der Waals surface area contributed by atoms with E-state index in [2.05, 4.69) is 4.74 Å². The first-order valence-electron chi connectivity index (χ1n) is 6.16. The molecule has 2 rings (SSSR count).